The third-order valence-electron chi connectivity index (χ3n) is 4.12. The Bertz CT molecular complexity index is 988. The van der Waals surface area contributed by atoms with Crippen molar-refractivity contribution in [2.45, 2.75) is 25.3 Å². The van der Waals surface area contributed by atoms with Crippen LogP contribution in [0.3, 0.4) is 0 Å². The fraction of sp³-hybridized carbons (Fsp3) is 0.300. The van der Waals surface area contributed by atoms with E-state index < -0.39 is 29.4 Å². The molecule has 152 valence electrons. The van der Waals surface area contributed by atoms with Crippen LogP contribution >= 0.6 is 12.0 Å². The van der Waals surface area contributed by atoms with Crippen molar-refractivity contribution >= 4 is 34.6 Å². The maximum absolute atomic E-state index is 12.5. The Morgan fingerprint density at radius 2 is 1.83 bits per heavy atom. The first kappa shape index (κ1) is 21.2. The Labute approximate surface area is 169 Å². The Hall–Kier alpha value is -2.54. The van der Waals surface area contributed by atoms with E-state index in [1.165, 1.54) is 12.1 Å². The van der Waals surface area contributed by atoms with Gasteiger partial charge >= 0.3 is 5.51 Å². The Balaban J connectivity index is 1.92. The standard InChI is InChI=1S/C20H16F3NO4S/c1-2-3-11-27-12-5-6-13-9-10-16-17-14(13)7-4-8-15(17)18(25)24(19(16)26)28-29-20(21,22)23/h4,7-10H,2-3,11-12H2,1H3. The highest BCUT2D eigenvalue weighted by atomic mass is 32.2. The second-order valence-electron chi connectivity index (χ2n) is 6.11. The van der Waals surface area contributed by atoms with Gasteiger partial charge in [-0.3, -0.25) is 9.59 Å². The molecule has 0 unspecified atom stereocenters. The Morgan fingerprint density at radius 3 is 2.52 bits per heavy atom. The molecule has 2 aromatic carbocycles. The van der Waals surface area contributed by atoms with Crippen molar-refractivity contribution in [2.75, 3.05) is 13.2 Å². The first-order valence-electron chi connectivity index (χ1n) is 8.77. The lowest BCUT2D eigenvalue weighted by Gasteiger charge is -2.25. The van der Waals surface area contributed by atoms with Crippen LogP contribution < -0.4 is 0 Å². The second-order valence-corrected chi connectivity index (χ2v) is 6.88. The number of halogens is 3. The number of alkyl halides is 3. The summed E-state index contributed by atoms with van der Waals surface area (Å²) in [6.07, 6.45) is 1.96. The minimum atomic E-state index is -4.76. The highest BCUT2D eigenvalue weighted by molar-refractivity contribution is 7.95. The van der Waals surface area contributed by atoms with Crippen LogP contribution in [0.5, 0.6) is 0 Å². The van der Waals surface area contributed by atoms with Gasteiger partial charge in [0.1, 0.15) is 18.6 Å². The zero-order chi connectivity index (χ0) is 21.0. The number of imide groups is 1. The molecule has 0 aromatic heterocycles. The fourth-order valence-electron chi connectivity index (χ4n) is 2.83. The summed E-state index contributed by atoms with van der Waals surface area (Å²) in [6.45, 7) is 2.92. The molecule has 0 saturated heterocycles. The molecule has 2 amide bonds. The molecule has 29 heavy (non-hydrogen) atoms. The number of rotatable bonds is 6. The zero-order valence-corrected chi connectivity index (χ0v) is 16.2. The monoisotopic (exact) mass is 423 g/mol. The van der Waals surface area contributed by atoms with Crippen LogP contribution in [0.15, 0.2) is 30.3 Å². The summed E-state index contributed by atoms with van der Waals surface area (Å²) in [6, 6.07) is 7.72. The maximum atomic E-state index is 12.5. The third kappa shape index (κ3) is 4.72. The van der Waals surface area contributed by atoms with Crippen molar-refractivity contribution in [2.24, 2.45) is 0 Å². The molecule has 0 atom stereocenters. The van der Waals surface area contributed by atoms with Gasteiger partial charge in [0.25, 0.3) is 11.8 Å². The molecule has 0 aliphatic carbocycles. The summed E-state index contributed by atoms with van der Waals surface area (Å²) < 4.78 is 47.0. The minimum absolute atomic E-state index is 0.0720. The van der Waals surface area contributed by atoms with Gasteiger partial charge in [-0.1, -0.05) is 37.3 Å². The molecule has 9 heteroatoms. The summed E-state index contributed by atoms with van der Waals surface area (Å²) in [4.78, 5) is 25.1. The predicted molar refractivity (Wildman–Crippen MR) is 102 cm³/mol. The van der Waals surface area contributed by atoms with Crippen molar-refractivity contribution in [1.29, 1.82) is 0 Å². The van der Waals surface area contributed by atoms with E-state index in [0.717, 1.165) is 12.8 Å². The van der Waals surface area contributed by atoms with E-state index in [0.29, 0.717) is 22.9 Å². The van der Waals surface area contributed by atoms with Crippen LogP contribution in [0.4, 0.5) is 13.2 Å². The molecule has 0 bridgehead atoms. The van der Waals surface area contributed by atoms with Crippen LogP contribution in [-0.4, -0.2) is 35.6 Å². The van der Waals surface area contributed by atoms with Gasteiger partial charge < -0.3 is 4.74 Å². The molecule has 3 rings (SSSR count). The van der Waals surface area contributed by atoms with Crippen LogP contribution in [0.2, 0.25) is 0 Å². The number of amides is 2. The van der Waals surface area contributed by atoms with E-state index in [1.807, 2.05) is 0 Å². The maximum Gasteiger partial charge on any atom is 0.470 e. The van der Waals surface area contributed by atoms with E-state index in [-0.39, 0.29) is 22.8 Å². The number of carbonyl (C=O) groups is 2. The fourth-order valence-corrected chi connectivity index (χ4v) is 3.13. The number of unbranched alkanes of at least 4 members (excludes halogenated alkanes) is 1. The molecule has 0 N–H and O–H groups in total. The molecule has 0 fully saturated rings. The first-order chi connectivity index (χ1) is 13.8. The molecule has 1 heterocycles. The van der Waals surface area contributed by atoms with Crippen LogP contribution in [-0.2, 0) is 9.02 Å². The normalized spacial score (nSPS) is 13.6. The van der Waals surface area contributed by atoms with Crippen molar-refractivity contribution in [3.8, 4) is 11.8 Å². The van der Waals surface area contributed by atoms with E-state index >= 15 is 0 Å². The number of nitrogens with zero attached hydrogens (tertiary/aromatic N) is 1. The summed E-state index contributed by atoms with van der Waals surface area (Å²) in [5.41, 5.74) is -4.03. The summed E-state index contributed by atoms with van der Waals surface area (Å²) in [5, 5.41) is 1.03. The van der Waals surface area contributed by atoms with Crippen molar-refractivity contribution in [3.63, 3.8) is 0 Å². The van der Waals surface area contributed by atoms with Crippen LogP contribution in [0.25, 0.3) is 10.8 Å². The lowest BCUT2D eigenvalue weighted by Crippen LogP contribution is -2.39. The van der Waals surface area contributed by atoms with Crippen LogP contribution in [0, 0.1) is 11.8 Å². The number of hydroxylamine groups is 2. The van der Waals surface area contributed by atoms with Gasteiger partial charge in [0.05, 0.1) is 11.1 Å². The van der Waals surface area contributed by atoms with Gasteiger partial charge in [0.15, 0.2) is 0 Å². The second kappa shape index (κ2) is 8.86. The summed E-state index contributed by atoms with van der Waals surface area (Å²) in [7, 11) is 0. The predicted octanol–water partition coefficient (Wildman–Crippen LogP) is 4.70. The lowest BCUT2D eigenvalue weighted by molar-refractivity contribution is -0.0570. The average molecular weight is 423 g/mol. The van der Waals surface area contributed by atoms with Gasteiger partial charge in [-0.2, -0.15) is 17.5 Å². The number of hydrogen-bond acceptors (Lipinski definition) is 5. The molecule has 0 saturated carbocycles. The minimum Gasteiger partial charge on any atom is -0.369 e. The van der Waals surface area contributed by atoms with Gasteiger partial charge in [0.2, 0.25) is 0 Å². The quantitative estimate of drug-likeness (QED) is 0.292. The molecule has 1 aliphatic rings. The lowest BCUT2D eigenvalue weighted by atomic mass is 9.92. The summed E-state index contributed by atoms with van der Waals surface area (Å²) in [5.74, 6) is 3.93. The number of benzene rings is 2. The highest BCUT2D eigenvalue weighted by Crippen LogP contribution is 2.36. The Kier molecular flexibility index (Phi) is 6.47. The van der Waals surface area contributed by atoms with Gasteiger partial charge in [0, 0.05) is 17.6 Å². The van der Waals surface area contributed by atoms with E-state index in [4.69, 9.17) is 4.74 Å². The Morgan fingerprint density at radius 1 is 1.10 bits per heavy atom. The van der Waals surface area contributed by atoms with Gasteiger partial charge in [-0.15, -0.1) is 5.06 Å². The van der Waals surface area contributed by atoms with E-state index in [9.17, 15) is 22.8 Å². The third-order valence-corrected chi connectivity index (χ3v) is 4.53. The van der Waals surface area contributed by atoms with Gasteiger partial charge in [-0.25, -0.2) is 0 Å². The largest absolute Gasteiger partial charge is 0.470 e. The highest BCUT2D eigenvalue weighted by Gasteiger charge is 2.39. The van der Waals surface area contributed by atoms with E-state index in [2.05, 4.69) is 23.0 Å². The molecular weight excluding hydrogens is 407 g/mol. The van der Waals surface area contributed by atoms with Crippen molar-refractivity contribution < 1.29 is 31.8 Å². The van der Waals surface area contributed by atoms with E-state index in [1.54, 1.807) is 18.2 Å². The number of ether oxygens (including phenoxy) is 1. The molecule has 2 aromatic rings. The van der Waals surface area contributed by atoms with Gasteiger partial charge in [-0.05, 0) is 30.0 Å². The number of carbonyl (C=O) groups excluding carboxylic acids is 2. The average Bonchev–Trinajstić information content (AvgIpc) is 2.68. The smallest absolute Gasteiger partial charge is 0.369 e. The summed E-state index contributed by atoms with van der Waals surface area (Å²) >= 11 is -0.918. The SMILES string of the molecule is CCCCOCC#Cc1ccc2c3c(cccc13)C(=O)N(OSC(F)(F)F)C2=O. The molecule has 1 aliphatic heterocycles. The molecule has 0 spiro atoms. The van der Waals surface area contributed by atoms with Crippen molar-refractivity contribution in [3.05, 3.63) is 47.0 Å². The number of hydrogen-bond donors (Lipinski definition) is 0. The van der Waals surface area contributed by atoms with Crippen LogP contribution in [0.1, 0.15) is 46.0 Å². The zero-order valence-electron chi connectivity index (χ0n) is 15.3. The van der Waals surface area contributed by atoms with Crippen molar-refractivity contribution in [1.82, 2.24) is 5.06 Å². The topological polar surface area (TPSA) is 55.8 Å². The molecule has 5 nitrogen and oxygen atoms in total. The molecule has 0 radical (unpaired) electrons. The molecular formula is C20H16F3NO4S. The first-order valence-corrected chi connectivity index (χ1v) is 9.51.